The first-order valence-corrected chi connectivity index (χ1v) is 3.69. The molecular formula is C6H11NOS. The predicted molar refractivity (Wildman–Crippen MR) is 39.4 cm³/mol. The minimum Gasteiger partial charge on any atom is -0.331 e. The monoisotopic (exact) mass is 145 g/mol. The van der Waals surface area contributed by atoms with Crippen LogP contribution >= 0.6 is 12.6 Å². The van der Waals surface area contributed by atoms with Crippen LogP contribution in [0.3, 0.4) is 0 Å². The second-order valence-electron chi connectivity index (χ2n) is 2.42. The summed E-state index contributed by atoms with van der Waals surface area (Å²) in [7, 11) is 0. The lowest BCUT2D eigenvalue weighted by atomic mass is 10.2. The third-order valence-electron chi connectivity index (χ3n) is 1.53. The first-order chi connectivity index (χ1) is 4.19. The van der Waals surface area contributed by atoms with Crippen molar-refractivity contribution in [2.45, 2.75) is 31.1 Å². The highest BCUT2D eigenvalue weighted by Gasteiger charge is 2.49. The average Bonchev–Trinajstić information content (AvgIpc) is 2.38. The molecule has 1 rings (SSSR count). The van der Waals surface area contributed by atoms with E-state index >= 15 is 0 Å². The number of hydrogen-bond donors (Lipinski definition) is 2. The van der Waals surface area contributed by atoms with E-state index in [-0.39, 0.29) is 5.91 Å². The van der Waals surface area contributed by atoms with Crippen LogP contribution in [0.4, 0.5) is 0 Å². The van der Waals surface area contributed by atoms with E-state index in [4.69, 9.17) is 0 Å². The molecule has 0 aliphatic carbocycles. The Labute approximate surface area is 60.4 Å². The molecule has 0 saturated carbocycles. The summed E-state index contributed by atoms with van der Waals surface area (Å²) in [5.41, 5.74) is 0. The van der Waals surface area contributed by atoms with E-state index < -0.39 is 4.87 Å². The number of nitrogens with one attached hydrogen (secondary N) is 1. The number of unbranched alkanes of at least 4 members (excludes halogenated alkanes) is 1. The normalized spacial score (nSPS) is 32.0. The Balaban J connectivity index is 2.21. The molecular weight excluding hydrogens is 134 g/mol. The maximum absolute atomic E-state index is 10.5. The molecule has 3 heteroatoms. The van der Waals surface area contributed by atoms with Gasteiger partial charge >= 0.3 is 0 Å². The Bertz CT molecular complexity index is 137. The van der Waals surface area contributed by atoms with E-state index in [1.165, 1.54) is 0 Å². The fraction of sp³-hybridized carbons (Fsp3) is 0.833. The number of carbonyl (C=O) groups excluding carboxylic acids is 1. The molecule has 9 heavy (non-hydrogen) atoms. The topological polar surface area (TPSA) is 39.0 Å². The molecule has 2 nitrogen and oxygen atoms in total. The standard InChI is InChI=1S/C6H11NOS/c1-2-3-4-6(9)5(8)7-6/h9H,2-4H2,1H3,(H,7,8). The SMILES string of the molecule is CCCCC1(S)NC1=O. The van der Waals surface area contributed by atoms with E-state index in [1.807, 2.05) is 0 Å². The van der Waals surface area contributed by atoms with Crippen molar-refractivity contribution in [3.8, 4) is 0 Å². The minimum absolute atomic E-state index is 0.0827. The maximum atomic E-state index is 10.5. The summed E-state index contributed by atoms with van der Waals surface area (Å²) >= 11 is 4.13. The van der Waals surface area contributed by atoms with Crippen molar-refractivity contribution in [3.63, 3.8) is 0 Å². The molecule has 1 unspecified atom stereocenters. The van der Waals surface area contributed by atoms with Crippen LogP contribution in [0, 0.1) is 0 Å². The Hall–Kier alpha value is -0.180. The molecule has 1 fully saturated rings. The zero-order valence-corrected chi connectivity index (χ0v) is 6.37. The lowest BCUT2D eigenvalue weighted by Gasteiger charge is -1.98. The van der Waals surface area contributed by atoms with Crippen molar-refractivity contribution in [1.82, 2.24) is 5.32 Å². The van der Waals surface area contributed by atoms with E-state index in [2.05, 4.69) is 24.9 Å². The second-order valence-corrected chi connectivity index (χ2v) is 3.18. The number of thiol groups is 1. The fourth-order valence-electron chi connectivity index (χ4n) is 0.765. The third kappa shape index (κ3) is 1.39. The summed E-state index contributed by atoms with van der Waals surface area (Å²) in [6.45, 7) is 2.10. The van der Waals surface area contributed by atoms with Gasteiger partial charge in [0.2, 0.25) is 0 Å². The summed E-state index contributed by atoms with van der Waals surface area (Å²) in [5, 5.41) is 2.67. The second kappa shape index (κ2) is 2.21. The molecule has 0 spiro atoms. The Morgan fingerprint density at radius 1 is 1.78 bits per heavy atom. The van der Waals surface area contributed by atoms with E-state index in [9.17, 15) is 4.79 Å². The quantitative estimate of drug-likeness (QED) is 0.450. The lowest BCUT2D eigenvalue weighted by Crippen LogP contribution is -2.04. The zero-order chi connectivity index (χ0) is 6.91. The molecule has 1 atom stereocenters. The Kier molecular flexibility index (Phi) is 1.70. The molecule has 52 valence electrons. The van der Waals surface area contributed by atoms with Crippen LogP contribution in [-0.4, -0.2) is 10.8 Å². The van der Waals surface area contributed by atoms with Crippen molar-refractivity contribution in [2.24, 2.45) is 0 Å². The van der Waals surface area contributed by atoms with Crippen molar-refractivity contribution in [2.75, 3.05) is 0 Å². The van der Waals surface area contributed by atoms with Gasteiger partial charge in [-0.05, 0) is 12.8 Å². The van der Waals surface area contributed by atoms with Gasteiger partial charge in [-0.3, -0.25) is 4.79 Å². The van der Waals surface area contributed by atoms with Gasteiger partial charge in [0, 0.05) is 0 Å². The van der Waals surface area contributed by atoms with Crippen LogP contribution in [0.2, 0.25) is 0 Å². The molecule has 1 aliphatic heterocycles. The molecule has 0 bridgehead atoms. The van der Waals surface area contributed by atoms with Crippen LogP contribution in [0.15, 0.2) is 0 Å². The van der Waals surface area contributed by atoms with E-state index in [1.54, 1.807) is 0 Å². The minimum atomic E-state index is -0.435. The van der Waals surface area contributed by atoms with E-state index in [0.29, 0.717) is 0 Å². The summed E-state index contributed by atoms with van der Waals surface area (Å²) in [5.74, 6) is 0.0827. The van der Waals surface area contributed by atoms with Crippen LogP contribution in [0.5, 0.6) is 0 Å². The largest absolute Gasteiger partial charge is 0.331 e. The fourth-order valence-corrected chi connectivity index (χ4v) is 1.02. The summed E-state index contributed by atoms with van der Waals surface area (Å²) in [6, 6.07) is 0. The third-order valence-corrected chi connectivity index (χ3v) is 2.06. The molecule has 1 N–H and O–H groups in total. The van der Waals surface area contributed by atoms with Gasteiger partial charge in [-0.2, -0.15) is 0 Å². The smallest absolute Gasteiger partial charge is 0.257 e. The highest BCUT2D eigenvalue weighted by molar-refractivity contribution is 7.83. The number of amides is 1. The van der Waals surface area contributed by atoms with Gasteiger partial charge in [-0.1, -0.05) is 13.3 Å². The zero-order valence-electron chi connectivity index (χ0n) is 5.48. The van der Waals surface area contributed by atoms with Gasteiger partial charge in [0.1, 0.15) is 0 Å². The van der Waals surface area contributed by atoms with Crippen LogP contribution in [0.25, 0.3) is 0 Å². The van der Waals surface area contributed by atoms with Crippen LogP contribution in [0.1, 0.15) is 26.2 Å². The summed E-state index contributed by atoms with van der Waals surface area (Å²) < 4.78 is 0. The molecule has 0 aromatic rings. The Morgan fingerprint density at radius 2 is 2.33 bits per heavy atom. The molecule has 1 amide bonds. The van der Waals surface area contributed by atoms with Crippen molar-refractivity contribution < 1.29 is 4.79 Å². The maximum Gasteiger partial charge on any atom is 0.257 e. The van der Waals surface area contributed by atoms with Crippen LogP contribution < -0.4 is 5.32 Å². The van der Waals surface area contributed by atoms with Gasteiger partial charge in [0.05, 0.1) is 0 Å². The van der Waals surface area contributed by atoms with Gasteiger partial charge in [-0.15, -0.1) is 12.6 Å². The van der Waals surface area contributed by atoms with Crippen molar-refractivity contribution in [1.29, 1.82) is 0 Å². The Morgan fingerprint density at radius 3 is 2.67 bits per heavy atom. The van der Waals surface area contributed by atoms with Gasteiger partial charge < -0.3 is 5.32 Å². The first kappa shape index (κ1) is 6.93. The lowest BCUT2D eigenvalue weighted by molar-refractivity contribution is -0.111. The number of rotatable bonds is 3. The molecule has 1 heterocycles. The van der Waals surface area contributed by atoms with Crippen molar-refractivity contribution >= 4 is 18.5 Å². The van der Waals surface area contributed by atoms with Gasteiger partial charge in [-0.25, -0.2) is 0 Å². The van der Waals surface area contributed by atoms with Crippen molar-refractivity contribution in [3.05, 3.63) is 0 Å². The number of hydrogen-bond acceptors (Lipinski definition) is 2. The molecule has 1 aliphatic rings. The molecule has 0 radical (unpaired) electrons. The summed E-state index contributed by atoms with van der Waals surface area (Å²) in [4.78, 5) is 10.1. The molecule has 1 saturated heterocycles. The van der Waals surface area contributed by atoms with Crippen LogP contribution in [-0.2, 0) is 4.79 Å². The highest BCUT2D eigenvalue weighted by Crippen LogP contribution is 2.29. The molecule has 0 aromatic heterocycles. The van der Waals surface area contributed by atoms with Gasteiger partial charge in [0.15, 0.2) is 4.87 Å². The first-order valence-electron chi connectivity index (χ1n) is 3.24. The van der Waals surface area contributed by atoms with E-state index in [0.717, 1.165) is 19.3 Å². The predicted octanol–water partition coefficient (Wildman–Crippen LogP) is 0.932. The number of carbonyl (C=O) groups is 1. The summed E-state index contributed by atoms with van der Waals surface area (Å²) in [6.07, 6.45) is 3.06. The average molecular weight is 145 g/mol. The molecule has 0 aromatic carbocycles. The van der Waals surface area contributed by atoms with Gasteiger partial charge in [0.25, 0.3) is 5.91 Å². The highest BCUT2D eigenvalue weighted by atomic mass is 32.1.